The van der Waals surface area contributed by atoms with Crippen molar-refractivity contribution in [2.75, 3.05) is 18.5 Å². The largest absolute Gasteiger partial charge is 0.381 e. The number of aromatic nitrogens is 3. The molecule has 1 aliphatic heterocycles. The molecule has 1 saturated heterocycles. The minimum atomic E-state index is -0.0176. The Hall–Kier alpha value is -2.73. The topological polar surface area (TPSA) is 69.0 Å². The van der Waals surface area contributed by atoms with Crippen molar-refractivity contribution in [2.45, 2.75) is 52.6 Å². The van der Waals surface area contributed by atoms with Gasteiger partial charge in [0.15, 0.2) is 0 Å². The van der Waals surface area contributed by atoms with Crippen LogP contribution in [0, 0.1) is 20.8 Å². The molecule has 1 aliphatic rings. The van der Waals surface area contributed by atoms with Crippen molar-refractivity contribution in [3.63, 3.8) is 0 Å². The molecule has 29 heavy (non-hydrogen) atoms. The minimum Gasteiger partial charge on any atom is -0.381 e. The van der Waals surface area contributed by atoms with E-state index in [1.165, 1.54) is 16.7 Å². The van der Waals surface area contributed by atoms with E-state index in [-0.39, 0.29) is 17.6 Å². The number of nitrogens with zero attached hydrogens (tertiary/aromatic N) is 3. The Balaban J connectivity index is 1.76. The van der Waals surface area contributed by atoms with E-state index in [0.29, 0.717) is 24.6 Å². The van der Waals surface area contributed by atoms with Crippen LogP contribution in [0.15, 0.2) is 35.3 Å². The van der Waals surface area contributed by atoms with Crippen LogP contribution in [0.2, 0.25) is 0 Å². The lowest BCUT2D eigenvalue weighted by atomic mass is 9.98. The quantitative estimate of drug-likeness (QED) is 0.719. The first-order valence-corrected chi connectivity index (χ1v) is 10.2. The summed E-state index contributed by atoms with van der Waals surface area (Å²) in [5.41, 5.74) is 4.46. The van der Waals surface area contributed by atoms with Gasteiger partial charge >= 0.3 is 0 Å². The number of pyridine rings is 1. The van der Waals surface area contributed by atoms with Crippen LogP contribution in [0.25, 0.3) is 10.9 Å². The van der Waals surface area contributed by atoms with Gasteiger partial charge in [0.1, 0.15) is 11.6 Å². The van der Waals surface area contributed by atoms with Crippen molar-refractivity contribution in [2.24, 2.45) is 0 Å². The molecule has 6 heteroatoms. The molecule has 1 aromatic carbocycles. The molecular weight excluding hydrogens is 364 g/mol. The molecule has 0 bridgehead atoms. The Morgan fingerprint density at radius 1 is 1.17 bits per heavy atom. The highest BCUT2D eigenvalue weighted by molar-refractivity contribution is 5.88. The highest BCUT2D eigenvalue weighted by atomic mass is 16.5. The van der Waals surface area contributed by atoms with Gasteiger partial charge in [-0.15, -0.1) is 0 Å². The summed E-state index contributed by atoms with van der Waals surface area (Å²) >= 11 is 0. The van der Waals surface area contributed by atoms with Crippen molar-refractivity contribution in [1.29, 1.82) is 0 Å². The first-order chi connectivity index (χ1) is 13.9. The van der Waals surface area contributed by atoms with E-state index in [9.17, 15) is 4.79 Å². The molecule has 1 N–H and O–H groups in total. The lowest BCUT2D eigenvalue weighted by Gasteiger charge is -2.25. The van der Waals surface area contributed by atoms with Gasteiger partial charge < -0.3 is 14.6 Å². The van der Waals surface area contributed by atoms with Crippen molar-refractivity contribution in [3.8, 4) is 0 Å². The normalized spacial score (nSPS) is 16.1. The van der Waals surface area contributed by atoms with Gasteiger partial charge in [-0.1, -0.05) is 18.2 Å². The maximum absolute atomic E-state index is 12.7. The second kappa shape index (κ2) is 7.95. The molecule has 0 amide bonds. The molecule has 1 atom stereocenters. The number of aryl methyl sites for hydroxylation is 2. The van der Waals surface area contributed by atoms with Crippen molar-refractivity contribution in [3.05, 3.63) is 63.3 Å². The first-order valence-electron chi connectivity index (χ1n) is 10.2. The first kappa shape index (κ1) is 19.6. The van der Waals surface area contributed by atoms with Gasteiger partial charge in [-0.05, 0) is 57.2 Å². The van der Waals surface area contributed by atoms with Crippen molar-refractivity contribution < 1.29 is 4.74 Å². The summed E-state index contributed by atoms with van der Waals surface area (Å²) in [5, 5.41) is 4.44. The van der Waals surface area contributed by atoms with Gasteiger partial charge in [-0.25, -0.2) is 9.97 Å². The minimum absolute atomic E-state index is 0.0176. The van der Waals surface area contributed by atoms with Gasteiger partial charge in [0, 0.05) is 31.5 Å². The molecule has 4 rings (SSSR count). The molecule has 3 heterocycles. The summed E-state index contributed by atoms with van der Waals surface area (Å²) in [6, 6.07) is 8.23. The molecule has 0 aliphatic carbocycles. The molecule has 152 valence electrons. The lowest BCUT2D eigenvalue weighted by Crippen LogP contribution is -2.28. The number of fused-ring (bicyclic) bond motifs is 1. The maximum Gasteiger partial charge on any atom is 0.252 e. The molecule has 3 aromatic rings. The standard InChI is InChI=1S/C23H28N4O2/c1-14-6-5-7-19(15(14)2)16(3)24-23-20-13-27(18-8-10-29-11-9-18)22(28)12-21(20)25-17(4)26-23/h5-7,12-13,16,18H,8-11H2,1-4H3,(H,24,25,26)/t16-/m1/s1. The van der Waals surface area contributed by atoms with E-state index in [1.807, 2.05) is 17.7 Å². The third kappa shape index (κ3) is 3.90. The molecular formula is C23H28N4O2. The lowest BCUT2D eigenvalue weighted by molar-refractivity contribution is 0.0688. The summed E-state index contributed by atoms with van der Waals surface area (Å²) in [5.74, 6) is 1.41. The summed E-state index contributed by atoms with van der Waals surface area (Å²) in [6.07, 6.45) is 3.62. The van der Waals surface area contributed by atoms with Gasteiger partial charge in [0.2, 0.25) is 0 Å². The summed E-state index contributed by atoms with van der Waals surface area (Å²) in [4.78, 5) is 21.9. The van der Waals surface area contributed by atoms with E-state index >= 15 is 0 Å². The van der Waals surface area contributed by atoms with Crippen LogP contribution in [0.1, 0.15) is 54.4 Å². The van der Waals surface area contributed by atoms with E-state index in [2.05, 4.69) is 54.3 Å². The Morgan fingerprint density at radius 2 is 1.93 bits per heavy atom. The predicted octanol–water partition coefficient (Wildman–Crippen LogP) is 4.24. The number of anilines is 1. The fourth-order valence-electron chi connectivity index (χ4n) is 4.12. The molecule has 1 fully saturated rings. The fourth-order valence-corrected chi connectivity index (χ4v) is 4.12. The van der Waals surface area contributed by atoms with Crippen LogP contribution in [0.5, 0.6) is 0 Å². The smallest absolute Gasteiger partial charge is 0.252 e. The Bertz CT molecular complexity index is 1100. The SMILES string of the molecule is Cc1nc(N[C@H](C)c2cccc(C)c2C)c2cn(C3CCOCC3)c(=O)cc2n1. The van der Waals surface area contributed by atoms with Gasteiger partial charge in [0.05, 0.1) is 16.9 Å². The number of hydrogen-bond donors (Lipinski definition) is 1. The second-order valence-corrected chi connectivity index (χ2v) is 7.94. The molecule has 6 nitrogen and oxygen atoms in total. The van der Waals surface area contributed by atoms with E-state index in [4.69, 9.17) is 4.74 Å². The Labute approximate surface area is 171 Å². The van der Waals surface area contributed by atoms with E-state index < -0.39 is 0 Å². The van der Waals surface area contributed by atoms with Gasteiger partial charge in [-0.2, -0.15) is 0 Å². The number of hydrogen-bond acceptors (Lipinski definition) is 5. The zero-order valence-electron chi connectivity index (χ0n) is 17.5. The predicted molar refractivity (Wildman–Crippen MR) is 116 cm³/mol. The molecule has 0 unspecified atom stereocenters. The van der Waals surface area contributed by atoms with Gasteiger partial charge in [-0.3, -0.25) is 4.79 Å². The number of rotatable bonds is 4. The summed E-state index contributed by atoms with van der Waals surface area (Å²) in [6.45, 7) is 9.65. The van der Waals surface area contributed by atoms with Crippen LogP contribution >= 0.6 is 0 Å². The number of benzene rings is 1. The van der Waals surface area contributed by atoms with Crippen LogP contribution in [0.4, 0.5) is 5.82 Å². The fraction of sp³-hybridized carbons (Fsp3) is 0.435. The third-order valence-electron chi connectivity index (χ3n) is 5.92. The van der Waals surface area contributed by atoms with E-state index in [0.717, 1.165) is 24.0 Å². The second-order valence-electron chi connectivity index (χ2n) is 7.94. The van der Waals surface area contributed by atoms with Crippen molar-refractivity contribution in [1.82, 2.24) is 14.5 Å². The van der Waals surface area contributed by atoms with Gasteiger partial charge in [0.25, 0.3) is 5.56 Å². The number of nitrogens with one attached hydrogen (secondary N) is 1. The third-order valence-corrected chi connectivity index (χ3v) is 5.92. The van der Waals surface area contributed by atoms with Crippen LogP contribution < -0.4 is 10.9 Å². The summed E-state index contributed by atoms with van der Waals surface area (Å²) < 4.78 is 7.29. The van der Waals surface area contributed by atoms with Crippen LogP contribution in [0.3, 0.4) is 0 Å². The summed E-state index contributed by atoms with van der Waals surface area (Å²) in [7, 11) is 0. The van der Waals surface area contributed by atoms with Crippen molar-refractivity contribution >= 4 is 16.7 Å². The van der Waals surface area contributed by atoms with E-state index in [1.54, 1.807) is 6.07 Å². The molecule has 0 saturated carbocycles. The molecule has 2 aromatic heterocycles. The average molecular weight is 393 g/mol. The highest BCUT2D eigenvalue weighted by Gasteiger charge is 2.19. The monoisotopic (exact) mass is 392 g/mol. The molecule has 0 spiro atoms. The Morgan fingerprint density at radius 3 is 2.69 bits per heavy atom. The zero-order valence-corrected chi connectivity index (χ0v) is 17.5. The highest BCUT2D eigenvalue weighted by Crippen LogP contribution is 2.28. The maximum atomic E-state index is 12.7. The Kier molecular flexibility index (Phi) is 5.37. The van der Waals surface area contributed by atoms with Crippen LogP contribution in [-0.4, -0.2) is 27.7 Å². The van der Waals surface area contributed by atoms with Crippen LogP contribution in [-0.2, 0) is 4.74 Å². The molecule has 0 radical (unpaired) electrons. The zero-order chi connectivity index (χ0) is 20.5. The average Bonchev–Trinajstić information content (AvgIpc) is 2.70. The number of ether oxygens (including phenoxy) is 1.